The third kappa shape index (κ3) is 1.28. The van der Waals surface area contributed by atoms with E-state index in [1.54, 1.807) is 4.90 Å². The van der Waals surface area contributed by atoms with E-state index in [2.05, 4.69) is 0 Å². The topological polar surface area (TPSA) is 46.3 Å². The molecule has 3 nitrogen and oxygen atoms in total. The Morgan fingerprint density at radius 2 is 2.15 bits per heavy atom. The van der Waals surface area contributed by atoms with Gasteiger partial charge in [0.15, 0.2) is 0 Å². The van der Waals surface area contributed by atoms with Gasteiger partial charge in [-0.05, 0) is 11.6 Å². The minimum Gasteiger partial charge on any atom is -0.351 e. The number of primary amides is 1. The van der Waals surface area contributed by atoms with Crippen LogP contribution < -0.4 is 10.6 Å². The molecular weight excluding hydrogens is 164 g/mol. The maximum atomic E-state index is 11.0. The van der Waals surface area contributed by atoms with Gasteiger partial charge in [-0.25, -0.2) is 4.79 Å². The number of urea groups is 1. The number of carbonyl (C=O) groups excluding carboxylic acids is 1. The Morgan fingerprint density at radius 1 is 1.38 bits per heavy atom. The standard InChI is InChI=1S/C10H10N2O/c11-10(13)12-7-3-5-8-4-1-2-6-9(8)12/h1-6H,7H2,(H2,11,13). The van der Waals surface area contributed by atoms with Gasteiger partial charge in [-0.2, -0.15) is 0 Å². The molecule has 2 amide bonds. The highest BCUT2D eigenvalue weighted by Gasteiger charge is 2.15. The Hall–Kier alpha value is -1.77. The van der Waals surface area contributed by atoms with Crippen molar-refractivity contribution in [1.29, 1.82) is 0 Å². The van der Waals surface area contributed by atoms with E-state index in [4.69, 9.17) is 5.73 Å². The second-order valence-electron chi connectivity index (χ2n) is 2.91. The zero-order valence-electron chi connectivity index (χ0n) is 7.10. The number of nitrogens with zero attached hydrogens (tertiary/aromatic N) is 1. The van der Waals surface area contributed by atoms with Crippen LogP contribution in [0.15, 0.2) is 30.3 Å². The summed E-state index contributed by atoms with van der Waals surface area (Å²) < 4.78 is 0. The van der Waals surface area contributed by atoms with Gasteiger partial charge in [0.1, 0.15) is 0 Å². The zero-order valence-corrected chi connectivity index (χ0v) is 7.10. The lowest BCUT2D eigenvalue weighted by Gasteiger charge is -2.23. The number of para-hydroxylation sites is 1. The van der Waals surface area contributed by atoms with Gasteiger partial charge in [0.05, 0.1) is 5.69 Å². The van der Waals surface area contributed by atoms with Crippen molar-refractivity contribution in [3.63, 3.8) is 0 Å². The third-order valence-corrected chi connectivity index (χ3v) is 2.08. The molecule has 66 valence electrons. The molecule has 2 N–H and O–H groups in total. The zero-order chi connectivity index (χ0) is 9.26. The minimum absolute atomic E-state index is 0.406. The summed E-state index contributed by atoms with van der Waals surface area (Å²) in [6.07, 6.45) is 3.92. The lowest BCUT2D eigenvalue weighted by molar-refractivity contribution is 0.254. The first-order valence-corrected chi connectivity index (χ1v) is 4.11. The van der Waals surface area contributed by atoms with Gasteiger partial charge in [0, 0.05) is 6.54 Å². The molecule has 0 saturated carbocycles. The van der Waals surface area contributed by atoms with Crippen LogP contribution in [0.5, 0.6) is 0 Å². The highest BCUT2D eigenvalue weighted by atomic mass is 16.2. The second kappa shape index (κ2) is 2.94. The Balaban J connectivity index is 2.49. The largest absolute Gasteiger partial charge is 0.351 e. The van der Waals surface area contributed by atoms with Crippen LogP contribution in [-0.2, 0) is 0 Å². The molecule has 1 aliphatic rings. The van der Waals surface area contributed by atoms with E-state index in [1.165, 1.54) is 0 Å². The molecule has 3 heteroatoms. The van der Waals surface area contributed by atoms with Crippen molar-refractivity contribution < 1.29 is 4.79 Å². The Kier molecular flexibility index (Phi) is 1.77. The SMILES string of the molecule is NC(=O)N1CC=Cc2ccccc21. The molecule has 0 atom stereocenters. The van der Waals surface area contributed by atoms with Crippen LogP contribution >= 0.6 is 0 Å². The highest BCUT2D eigenvalue weighted by Crippen LogP contribution is 2.24. The van der Waals surface area contributed by atoms with Crippen molar-refractivity contribution in [1.82, 2.24) is 0 Å². The highest BCUT2D eigenvalue weighted by molar-refractivity contribution is 5.94. The number of benzene rings is 1. The Bertz CT molecular complexity index is 371. The molecule has 0 fully saturated rings. The van der Waals surface area contributed by atoms with Crippen molar-refractivity contribution in [3.05, 3.63) is 35.9 Å². The Labute approximate surface area is 76.5 Å². The maximum Gasteiger partial charge on any atom is 0.319 e. The molecule has 0 aromatic heterocycles. The van der Waals surface area contributed by atoms with Gasteiger partial charge in [0.2, 0.25) is 0 Å². The first-order valence-electron chi connectivity index (χ1n) is 4.11. The molecule has 1 aliphatic heterocycles. The summed E-state index contributed by atoms with van der Waals surface area (Å²) in [5.41, 5.74) is 7.16. The van der Waals surface area contributed by atoms with E-state index in [0.717, 1.165) is 11.3 Å². The molecular formula is C10H10N2O. The third-order valence-electron chi connectivity index (χ3n) is 2.08. The smallest absolute Gasteiger partial charge is 0.319 e. The number of carbonyl (C=O) groups is 1. The monoisotopic (exact) mass is 174 g/mol. The number of rotatable bonds is 0. The van der Waals surface area contributed by atoms with Crippen LogP contribution in [-0.4, -0.2) is 12.6 Å². The summed E-state index contributed by atoms with van der Waals surface area (Å²) in [6.45, 7) is 0.562. The van der Waals surface area contributed by atoms with Crippen LogP contribution in [0.2, 0.25) is 0 Å². The molecule has 1 aromatic rings. The van der Waals surface area contributed by atoms with Crippen molar-refractivity contribution >= 4 is 17.8 Å². The van der Waals surface area contributed by atoms with Crippen molar-refractivity contribution in [3.8, 4) is 0 Å². The minimum atomic E-state index is -0.406. The number of anilines is 1. The first-order chi connectivity index (χ1) is 6.29. The quantitative estimate of drug-likeness (QED) is 0.638. The van der Waals surface area contributed by atoms with E-state index in [0.29, 0.717) is 6.54 Å². The van der Waals surface area contributed by atoms with Crippen LogP contribution in [0.3, 0.4) is 0 Å². The van der Waals surface area contributed by atoms with Crippen LogP contribution in [0, 0.1) is 0 Å². The second-order valence-corrected chi connectivity index (χ2v) is 2.91. The molecule has 0 unspecified atom stereocenters. The van der Waals surface area contributed by atoms with E-state index in [1.807, 2.05) is 36.4 Å². The number of hydrogen-bond acceptors (Lipinski definition) is 1. The molecule has 1 aromatic carbocycles. The average Bonchev–Trinajstić information content (AvgIpc) is 2.17. The summed E-state index contributed by atoms with van der Waals surface area (Å²) in [5, 5.41) is 0. The number of fused-ring (bicyclic) bond motifs is 1. The van der Waals surface area contributed by atoms with Gasteiger partial charge in [-0.15, -0.1) is 0 Å². The van der Waals surface area contributed by atoms with Gasteiger partial charge >= 0.3 is 6.03 Å². The lowest BCUT2D eigenvalue weighted by Crippen LogP contribution is -2.37. The van der Waals surface area contributed by atoms with Gasteiger partial charge in [-0.3, -0.25) is 4.90 Å². The van der Waals surface area contributed by atoms with E-state index >= 15 is 0 Å². The maximum absolute atomic E-state index is 11.0. The molecule has 13 heavy (non-hydrogen) atoms. The molecule has 1 heterocycles. The fourth-order valence-corrected chi connectivity index (χ4v) is 1.47. The first kappa shape index (κ1) is 7.86. The predicted octanol–water partition coefficient (Wildman–Crippen LogP) is 1.60. The normalized spacial score (nSPS) is 14.0. The summed E-state index contributed by atoms with van der Waals surface area (Å²) >= 11 is 0. The van der Waals surface area contributed by atoms with Gasteiger partial charge in [-0.1, -0.05) is 30.4 Å². The molecule has 0 aliphatic carbocycles. The van der Waals surface area contributed by atoms with Crippen molar-refractivity contribution in [2.45, 2.75) is 0 Å². The summed E-state index contributed by atoms with van der Waals surface area (Å²) in [6, 6.07) is 7.28. The Morgan fingerprint density at radius 3 is 2.92 bits per heavy atom. The van der Waals surface area contributed by atoms with Crippen molar-refractivity contribution in [2.75, 3.05) is 11.4 Å². The fraction of sp³-hybridized carbons (Fsp3) is 0.100. The van der Waals surface area contributed by atoms with E-state index in [9.17, 15) is 4.79 Å². The predicted molar refractivity (Wildman–Crippen MR) is 52.4 cm³/mol. The molecule has 0 bridgehead atoms. The van der Waals surface area contributed by atoms with E-state index < -0.39 is 6.03 Å². The van der Waals surface area contributed by atoms with Gasteiger partial charge < -0.3 is 5.73 Å². The molecule has 0 spiro atoms. The number of amides is 2. The number of nitrogens with two attached hydrogens (primary N) is 1. The molecule has 0 radical (unpaired) electrons. The van der Waals surface area contributed by atoms with Gasteiger partial charge in [0.25, 0.3) is 0 Å². The van der Waals surface area contributed by atoms with Crippen LogP contribution in [0.25, 0.3) is 6.08 Å². The lowest BCUT2D eigenvalue weighted by atomic mass is 10.1. The number of hydrogen-bond donors (Lipinski definition) is 1. The summed E-state index contributed by atoms with van der Waals surface area (Å²) in [7, 11) is 0. The van der Waals surface area contributed by atoms with Crippen molar-refractivity contribution in [2.24, 2.45) is 5.73 Å². The van der Waals surface area contributed by atoms with Crippen LogP contribution in [0.1, 0.15) is 5.56 Å². The average molecular weight is 174 g/mol. The molecule has 0 saturated heterocycles. The summed E-state index contributed by atoms with van der Waals surface area (Å²) in [5.74, 6) is 0. The van der Waals surface area contributed by atoms with Crippen LogP contribution in [0.4, 0.5) is 10.5 Å². The fourth-order valence-electron chi connectivity index (χ4n) is 1.47. The van der Waals surface area contributed by atoms with E-state index in [-0.39, 0.29) is 0 Å². The molecule has 2 rings (SSSR count). The summed E-state index contributed by atoms with van der Waals surface area (Å²) in [4.78, 5) is 12.6.